The predicted octanol–water partition coefficient (Wildman–Crippen LogP) is 2.69. The van der Waals surface area contributed by atoms with Gasteiger partial charge in [-0.3, -0.25) is 9.89 Å². The summed E-state index contributed by atoms with van der Waals surface area (Å²) in [4.78, 5) is 11.8. The van der Waals surface area contributed by atoms with Crippen molar-refractivity contribution in [3.05, 3.63) is 39.8 Å². The molecular weight excluding hydrogens is 282 g/mol. The Labute approximate surface area is 111 Å². The van der Waals surface area contributed by atoms with Gasteiger partial charge in [-0.25, -0.2) is 4.39 Å². The van der Waals surface area contributed by atoms with E-state index in [9.17, 15) is 9.18 Å². The topological polar surface area (TPSA) is 83.8 Å². The molecule has 0 aliphatic carbocycles. The second-order valence-corrected chi connectivity index (χ2v) is 4.21. The number of nitrogens with two attached hydrogens (primary N) is 1. The van der Waals surface area contributed by atoms with Crippen LogP contribution in [0.5, 0.6) is 0 Å². The van der Waals surface area contributed by atoms with Gasteiger partial charge in [0.2, 0.25) is 0 Å². The molecule has 0 aliphatic heterocycles. The number of hydrogen-bond donors (Lipinski definition) is 3. The molecule has 0 aliphatic rings. The number of anilines is 2. The largest absolute Gasteiger partial charge is 0.383 e. The molecule has 0 fully saturated rings. The Balaban J connectivity index is 2.31. The van der Waals surface area contributed by atoms with E-state index in [-0.39, 0.29) is 27.1 Å². The molecular formula is C10H7Cl2FN4O. The first-order valence-corrected chi connectivity index (χ1v) is 5.49. The van der Waals surface area contributed by atoms with Crippen LogP contribution < -0.4 is 11.1 Å². The van der Waals surface area contributed by atoms with E-state index in [2.05, 4.69) is 15.5 Å². The van der Waals surface area contributed by atoms with Gasteiger partial charge in [0.05, 0.1) is 21.9 Å². The number of amides is 1. The van der Waals surface area contributed by atoms with Gasteiger partial charge in [-0.2, -0.15) is 5.10 Å². The highest BCUT2D eigenvalue weighted by molar-refractivity contribution is 6.40. The highest BCUT2D eigenvalue weighted by atomic mass is 35.5. The minimum atomic E-state index is -0.592. The number of nitrogens with zero attached hydrogens (tertiary/aromatic N) is 1. The maximum atomic E-state index is 13.0. The zero-order chi connectivity index (χ0) is 13.3. The lowest BCUT2D eigenvalue weighted by Gasteiger charge is -2.08. The van der Waals surface area contributed by atoms with Gasteiger partial charge in [0, 0.05) is 0 Å². The van der Waals surface area contributed by atoms with E-state index in [4.69, 9.17) is 28.9 Å². The number of aromatic amines is 1. The standard InChI is InChI=1S/C10H7Cl2FN4O/c11-6-1-4(13)2-7(12)8(6)16-10(18)5-3-15-17-9(5)14/h1-3H,(H,16,18)(H3,14,15,17). The van der Waals surface area contributed by atoms with Crippen LogP contribution >= 0.6 is 23.2 Å². The van der Waals surface area contributed by atoms with Gasteiger partial charge in [-0.05, 0) is 12.1 Å². The molecule has 1 aromatic heterocycles. The third kappa shape index (κ3) is 2.39. The number of hydrogen-bond acceptors (Lipinski definition) is 3. The van der Waals surface area contributed by atoms with E-state index in [1.54, 1.807) is 0 Å². The number of carbonyl (C=O) groups is 1. The van der Waals surface area contributed by atoms with Crippen molar-refractivity contribution in [3.8, 4) is 0 Å². The summed E-state index contributed by atoms with van der Waals surface area (Å²) in [6.07, 6.45) is 1.26. The lowest BCUT2D eigenvalue weighted by atomic mass is 10.2. The van der Waals surface area contributed by atoms with Crippen LogP contribution in [0.3, 0.4) is 0 Å². The maximum absolute atomic E-state index is 13.0. The van der Waals surface area contributed by atoms with Crippen LogP contribution in [0.1, 0.15) is 10.4 Å². The van der Waals surface area contributed by atoms with Gasteiger partial charge in [-0.1, -0.05) is 23.2 Å². The Kier molecular flexibility index (Phi) is 3.40. The first kappa shape index (κ1) is 12.7. The van der Waals surface area contributed by atoms with Crippen LogP contribution in [0.25, 0.3) is 0 Å². The fourth-order valence-corrected chi connectivity index (χ4v) is 1.87. The molecule has 94 valence electrons. The summed E-state index contributed by atoms with van der Waals surface area (Å²) >= 11 is 11.6. The van der Waals surface area contributed by atoms with Crippen molar-refractivity contribution < 1.29 is 9.18 Å². The zero-order valence-corrected chi connectivity index (χ0v) is 10.3. The molecule has 0 saturated carbocycles. The molecule has 2 rings (SSSR count). The molecule has 8 heteroatoms. The Bertz CT molecular complexity index is 591. The molecule has 0 unspecified atom stereocenters. The molecule has 5 nitrogen and oxygen atoms in total. The highest BCUT2D eigenvalue weighted by Crippen LogP contribution is 2.31. The number of nitrogen functional groups attached to an aromatic ring is 1. The van der Waals surface area contributed by atoms with Gasteiger partial charge in [-0.15, -0.1) is 0 Å². The van der Waals surface area contributed by atoms with Crippen molar-refractivity contribution in [2.24, 2.45) is 0 Å². The van der Waals surface area contributed by atoms with Gasteiger partial charge in [0.25, 0.3) is 5.91 Å². The van der Waals surface area contributed by atoms with Crippen LogP contribution in [0.15, 0.2) is 18.3 Å². The van der Waals surface area contributed by atoms with Crippen molar-refractivity contribution >= 4 is 40.6 Å². The van der Waals surface area contributed by atoms with Crippen LogP contribution in [0.4, 0.5) is 15.9 Å². The van der Waals surface area contributed by atoms with E-state index in [0.29, 0.717) is 0 Å². The first-order valence-electron chi connectivity index (χ1n) is 4.73. The van der Waals surface area contributed by atoms with Crippen molar-refractivity contribution in [3.63, 3.8) is 0 Å². The van der Waals surface area contributed by atoms with Gasteiger partial charge in [0.15, 0.2) is 0 Å². The molecule has 0 radical (unpaired) electrons. The van der Waals surface area contributed by atoms with Crippen molar-refractivity contribution in [2.45, 2.75) is 0 Å². The maximum Gasteiger partial charge on any atom is 0.261 e. The smallest absolute Gasteiger partial charge is 0.261 e. The SMILES string of the molecule is Nc1[nH]ncc1C(=O)Nc1c(Cl)cc(F)cc1Cl. The van der Waals surface area contributed by atoms with Crippen molar-refractivity contribution in [1.82, 2.24) is 10.2 Å². The van der Waals surface area contributed by atoms with E-state index in [1.807, 2.05) is 0 Å². The summed E-state index contributed by atoms with van der Waals surface area (Å²) in [6.45, 7) is 0. The molecule has 4 N–H and O–H groups in total. The third-order valence-corrected chi connectivity index (χ3v) is 2.76. The third-order valence-electron chi connectivity index (χ3n) is 2.16. The number of aromatic nitrogens is 2. The summed E-state index contributed by atoms with van der Waals surface area (Å²) in [7, 11) is 0. The summed E-state index contributed by atoms with van der Waals surface area (Å²) in [5.41, 5.74) is 5.75. The van der Waals surface area contributed by atoms with Crippen molar-refractivity contribution in [1.29, 1.82) is 0 Å². The fourth-order valence-electron chi connectivity index (χ4n) is 1.32. The number of rotatable bonds is 2. The Morgan fingerprint density at radius 1 is 1.39 bits per heavy atom. The van der Waals surface area contributed by atoms with Crippen molar-refractivity contribution in [2.75, 3.05) is 11.1 Å². The van der Waals surface area contributed by atoms with E-state index in [0.717, 1.165) is 12.1 Å². The minimum absolute atomic E-state index is 0.00424. The quantitative estimate of drug-likeness (QED) is 0.794. The molecule has 0 atom stereocenters. The first-order chi connectivity index (χ1) is 8.49. The number of benzene rings is 1. The van der Waals surface area contributed by atoms with Gasteiger partial charge < -0.3 is 11.1 Å². The summed E-state index contributed by atoms with van der Waals surface area (Å²) in [5, 5.41) is 8.45. The fraction of sp³-hybridized carbons (Fsp3) is 0. The lowest BCUT2D eigenvalue weighted by Crippen LogP contribution is -2.13. The molecule has 1 aromatic carbocycles. The average Bonchev–Trinajstić information content (AvgIpc) is 2.69. The molecule has 1 heterocycles. The molecule has 0 saturated heterocycles. The number of carbonyl (C=O) groups excluding carboxylic acids is 1. The van der Waals surface area contributed by atoms with Crippen LogP contribution in [0, 0.1) is 5.82 Å². The zero-order valence-electron chi connectivity index (χ0n) is 8.80. The molecule has 2 aromatic rings. The lowest BCUT2D eigenvalue weighted by molar-refractivity contribution is 0.102. The monoisotopic (exact) mass is 288 g/mol. The number of halogens is 3. The molecule has 1 amide bonds. The van der Waals surface area contributed by atoms with Gasteiger partial charge >= 0.3 is 0 Å². The van der Waals surface area contributed by atoms with Crippen LogP contribution in [-0.2, 0) is 0 Å². The minimum Gasteiger partial charge on any atom is -0.383 e. The van der Waals surface area contributed by atoms with E-state index in [1.165, 1.54) is 6.20 Å². The molecule has 18 heavy (non-hydrogen) atoms. The summed E-state index contributed by atoms with van der Waals surface area (Å²) < 4.78 is 13.0. The highest BCUT2D eigenvalue weighted by Gasteiger charge is 2.16. The van der Waals surface area contributed by atoms with Crippen LogP contribution in [-0.4, -0.2) is 16.1 Å². The summed E-state index contributed by atoms with van der Waals surface area (Å²) in [5.74, 6) is -1.02. The van der Waals surface area contributed by atoms with E-state index >= 15 is 0 Å². The second-order valence-electron chi connectivity index (χ2n) is 3.40. The summed E-state index contributed by atoms with van der Waals surface area (Å²) in [6, 6.07) is 2.09. The number of H-pyrrole nitrogens is 1. The van der Waals surface area contributed by atoms with E-state index < -0.39 is 11.7 Å². The predicted molar refractivity (Wildman–Crippen MR) is 67.4 cm³/mol. The Hall–Kier alpha value is -1.79. The van der Waals surface area contributed by atoms with Gasteiger partial charge in [0.1, 0.15) is 17.2 Å². The Morgan fingerprint density at radius 2 is 2.00 bits per heavy atom. The molecule has 0 bridgehead atoms. The average molecular weight is 289 g/mol. The molecule has 0 spiro atoms. The van der Waals surface area contributed by atoms with Crippen LogP contribution in [0.2, 0.25) is 10.0 Å². The normalized spacial score (nSPS) is 10.4. The second kappa shape index (κ2) is 4.83. The Morgan fingerprint density at radius 3 is 2.50 bits per heavy atom. The number of nitrogens with one attached hydrogen (secondary N) is 2.